The van der Waals surface area contributed by atoms with Crippen molar-refractivity contribution >= 4 is 11.2 Å². The van der Waals surface area contributed by atoms with Crippen molar-refractivity contribution in [2.45, 2.75) is 18.9 Å². The van der Waals surface area contributed by atoms with Gasteiger partial charge in [-0.25, -0.2) is 14.3 Å². The summed E-state index contributed by atoms with van der Waals surface area (Å²) in [5.74, 6) is 0. The standard InChI is InChI=1S/C8HF9N4O2/c9-6(10,11)19-1-18-3-2(19)4(22)21(8(15,16)17)5(23)20(3)7(12,13)14/h1H. The van der Waals surface area contributed by atoms with Gasteiger partial charge in [0, 0.05) is 0 Å². The van der Waals surface area contributed by atoms with E-state index in [0.717, 1.165) is 0 Å². The minimum absolute atomic E-state index is 0.339. The number of halogens is 9. The van der Waals surface area contributed by atoms with Crippen molar-refractivity contribution in [1.29, 1.82) is 0 Å². The summed E-state index contributed by atoms with van der Waals surface area (Å²) >= 11 is 0. The van der Waals surface area contributed by atoms with Crippen LogP contribution in [0.15, 0.2) is 15.9 Å². The zero-order valence-electron chi connectivity index (χ0n) is 10.1. The number of alkyl halides is 9. The van der Waals surface area contributed by atoms with Crippen LogP contribution in [0.5, 0.6) is 0 Å². The summed E-state index contributed by atoms with van der Waals surface area (Å²) in [6, 6.07) is 0. The van der Waals surface area contributed by atoms with Crippen LogP contribution in [0.3, 0.4) is 0 Å². The number of rotatable bonds is 0. The average molecular weight is 356 g/mol. The van der Waals surface area contributed by atoms with E-state index >= 15 is 0 Å². The van der Waals surface area contributed by atoms with E-state index in [1.165, 1.54) is 0 Å². The van der Waals surface area contributed by atoms with Gasteiger partial charge in [-0.1, -0.05) is 0 Å². The Balaban J connectivity index is 3.18. The lowest BCUT2D eigenvalue weighted by atomic mass is 10.5. The van der Waals surface area contributed by atoms with Gasteiger partial charge in [0.05, 0.1) is 0 Å². The normalized spacial score (nSPS) is 13.8. The van der Waals surface area contributed by atoms with Crippen molar-refractivity contribution in [3.05, 3.63) is 27.2 Å². The lowest BCUT2D eigenvalue weighted by Crippen LogP contribution is -2.49. The Morgan fingerprint density at radius 1 is 0.783 bits per heavy atom. The van der Waals surface area contributed by atoms with Gasteiger partial charge in [-0.2, -0.15) is 9.13 Å². The summed E-state index contributed by atoms with van der Waals surface area (Å²) in [6.45, 7) is 0. The van der Waals surface area contributed by atoms with Gasteiger partial charge in [0.2, 0.25) is 0 Å². The molecule has 0 fully saturated rings. The summed E-state index contributed by atoms with van der Waals surface area (Å²) in [6.07, 6.45) is -17.7. The minimum atomic E-state index is -5.98. The summed E-state index contributed by atoms with van der Waals surface area (Å²) in [5, 5.41) is 0. The largest absolute Gasteiger partial charge is 0.495 e. The van der Waals surface area contributed by atoms with E-state index in [-0.39, 0.29) is 6.33 Å². The number of hydrogen-bond donors (Lipinski definition) is 0. The van der Waals surface area contributed by atoms with Crippen molar-refractivity contribution in [2.24, 2.45) is 0 Å². The molecule has 0 aliphatic rings. The van der Waals surface area contributed by atoms with Gasteiger partial charge in [0.1, 0.15) is 6.33 Å². The third-order valence-corrected chi connectivity index (χ3v) is 2.53. The monoisotopic (exact) mass is 356 g/mol. The molecule has 0 N–H and O–H groups in total. The molecule has 2 aromatic rings. The van der Waals surface area contributed by atoms with Gasteiger partial charge in [-0.3, -0.25) is 4.79 Å². The van der Waals surface area contributed by atoms with E-state index in [2.05, 4.69) is 4.98 Å². The third kappa shape index (κ3) is 2.55. The zero-order chi connectivity index (χ0) is 18.0. The van der Waals surface area contributed by atoms with Gasteiger partial charge >= 0.3 is 24.6 Å². The zero-order valence-corrected chi connectivity index (χ0v) is 10.1. The fourth-order valence-corrected chi connectivity index (χ4v) is 1.73. The molecule has 15 heteroatoms. The van der Waals surface area contributed by atoms with E-state index in [9.17, 15) is 49.1 Å². The first kappa shape index (κ1) is 16.9. The molecule has 0 aliphatic carbocycles. The van der Waals surface area contributed by atoms with Crippen molar-refractivity contribution < 1.29 is 39.5 Å². The van der Waals surface area contributed by atoms with Crippen LogP contribution in [-0.4, -0.2) is 18.7 Å². The van der Waals surface area contributed by atoms with Gasteiger partial charge in [0.15, 0.2) is 11.2 Å². The number of imidazole rings is 1. The Labute approximate surface area is 117 Å². The van der Waals surface area contributed by atoms with Gasteiger partial charge < -0.3 is 0 Å². The van der Waals surface area contributed by atoms with Crippen LogP contribution in [0.1, 0.15) is 0 Å². The summed E-state index contributed by atoms with van der Waals surface area (Å²) in [4.78, 5) is 25.4. The molecule has 128 valence electrons. The van der Waals surface area contributed by atoms with E-state index < -0.39 is 55.0 Å². The van der Waals surface area contributed by atoms with Crippen LogP contribution in [0.4, 0.5) is 39.5 Å². The van der Waals surface area contributed by atoms with E-state index in [0.29, 0.717) is 0 Å². The summed E-state index contributed by atoms with van der Waals surface area (Å²) < 4.78 is 109. The number of nitrogens with zero attached hydrogens (tertiary/aromatic N) is 4. The molecule has 0 aromatic carbocycles. The van der Waals surface area contributed by atoms with Crippen LogP contribution in [0.2, 0.25) is 0 Å². The quantitative estimate of drug-likeness (QED) is 0.677. The molecule has 0 amide bonds. The molecule has 0 aliphatic heterocycles. The molecule has 0 spiro atoms. The summed E-state index contributed by atoms with van der Waals surface area (Å²) in [5.41, 5.74) is -9.56. The van der Waals surface area contributed by atoms with Crippen molar-refractivity contribution in [3.63, 3.8) is 0 Å². The molecule has 23 heavy (non-hydrogen) atoms. The highest BCUT2D eigenvalue weighted by molar-refractivity contribution is 5.70. The van der Waals surface area contributed by atoms with E-state index in [1.807, 2.05) is 0 Å². The van der Waals surface area contributed by atoms with Crippen LogP contribution in [-0.2, 0) is 18.9 Å². The molecule has 0 atom stereocenters. The Morgan fingerprint density at radius 3 is 1.65 bits per heavy atom. The fourth-order valence-electron chi connectivity index (χ4n) is 1.73. The first-order valence-electron chi connectivity index (χ1n) is 5.14. The molecular weight excluding hydrogens is 355 g/mol. The van der Waals surface area contributed by atoms with Crippen LogP contribution < -0.4 is 11.2 Å². The molecule has 6 nitrogen and oxygen atoms in total. The van der Waals surface area contributed by atoms with Crippen LogP contribution >= 0.6 is 0 Å². The predicted octanol–water partition coefficient (Wildman–Crippen LogP) is 1.79. The second-order valence-electron chi connectivity index (χ2n) is 3.95. The molecule has 0 saturated heterocycles. The molecule has 0 bridgehead atoms. The van der Waals surface area contributed by atoms with E-state index in [1.54, 1.807) is 0 Å². The Kier molecular flexibility index (Phi) is 3.31. The third-order valence-electron chi connectivity index (χ3n) is 2.53. The molecule has 0 saturated carbocycles. The molecular formula is C8HF9N4O2. The lowest BCUT2D eigenvalue weighted by Gasteiger charge is -2.16. The molecule has 2 heterocycles. The lowest BCUT2D eigenvalue weighted by molar-refractivity contribution is -0.224. The molecule has 2 rings (SSSR count). The average Bonchev–Trinajstić information content (AvgIpc) is 2.68. The molecule has 0 unspecified atom stereocenters. The van der Waals surface area contributed by atoms with Gasteiger partial charge in [-0.15, -0.1) is 39.5 Å². The maximum Gasteiger partial charge on any atom is 0.495 e. The highest BCUT2D eigenvalue weighted by Crippen LogP contribution is 2.29. The van der Waals surface area contributed by atoms with Crippen molar-refractivity contribution in [2.75, 3.05) is 0 Å². The molecule has 2 aromatic heterocycles. The highest BCUT2D eigenvalue weighted by Gasteiger charge is 2.45. The maximum atomic E-state index is 12.7. The predicted molar refractivity (Wildman–Crippen MR) is 52.1 cm³/mol. The van der Waals surface area contributed by atoms with E-state index in [4.69, 9.17) is 0 Å². The van der Waals surface area contributed by atoms with Gasteiger partial charge in [-0.05, 0) is 0 Å². The number of fused-ring (bicyclic) bond motifs is 1. The number of aromatic nitrogens is 4. The van der Waals surface area contributed by atoms with Crippen LogP contribution in [0, 0.1) is 0 Å². The Morgan fingerprint density at radius 2 is 1.26 bits per heavy atom. The molecule has 0 radical (unpaired) electrons. The maximum absolute atomic E-state index is 12.7. The SMILES string of the molecule is O=c1c2c(ncn2C(F)(F)F)n(C(F)(F)F)c(=O)n1C(F)(F)F. The second-order valence-corrected chi connectivity index (χ2v) is 3.95. The minimum Gasteiger partial charge on any atom is -0.266 e. The smallest absolute Gasteiger partial charge is 0.266 e. The Hall–Kier alpha value is -2.48. The number of hydrogen-bond acceptors (Lipinski definition) is 3. The first-order chi connectivity index (χ1) is 10.2. The fraction of sp³-hybridized carbons (Fsp3) is 0.375. The highest BCUT2D eigenvalue weighted by atomic mass is 19.4. The topological polar surface area (TPSA) is 61.8 Å². The first-order valence-corrected chi connectivity index (χ1v) is 5.14. The second kappa shape index (κ2) is 4.51. The van der Waals surface area contributed by atoms with Crippen molar-refractivity contribution in [1.82, 2.24) is 18.7 Å². The summed E-state index contributed by atoms with van der Waals surface area (Å²) in [7, 11) is 0. The van der Waals surface area contributed by atoms with Crippen LogP contribution in [0.25, 0.3) is 11.2 Å². The Bertz CT molecular complexity index is 879. The van der Waals surface area contributed by atoms with Gasteiger partial charge in [0.25, 0.3) is 5.56 Å². The van der Waals surface area contributed by atoms with Crippen molar-refractivity contribution in [3.8, 4) is 0 Å².